The van der Waals surface area contributed by atoms with Gasteiger partial charge in [0.25, 0.3) is 5.91 Å². The van der Waals surface area contributed by atoms with Crippen molar-refractivity contribution in [1.29, 1.82) is 0 Å². The second-order valence-corrected chi connectivity index (χ2v) is 4.98. The number of rotatable bonds is 4. The molecule has 0 saturated carbocycles. The predicted molar refractivity (Wildman–Crippen MR) is 83.1 cm³/mol. The van der Waals surface area contributed by atoms with E-state index in [0.717, 1.165) is 5.56 Å². The minimum atomic E-state index is -0.488. The first-order chi connectivity index (χ1) is 10.4. The highest BCUT2D eigenvalue weighted by atomic mass is 16.5. The second-order valence-electron chi connectivity index (χ2n) is 4.98. The summed E-state index contributed by atoms with van der Waals surface area (Å²) in [5.74, 6) is 5.51. The number of nitrogens with two attached hydrogens (primary N) is 2. The summed E-state index contributed by atoms with van der Waals surface area (Å²) in [7, 11) is 0. The van der Waals surface area contributed by atoms with Gasteiger partial charge in [0.05, 0.1) is 17.0 Å². The Kier molecular flexibility index (Phi) is 4.57. The van der Waals surface area contributed by atoms with Gasteiger partial charge < -0.3 is 10.5 Å². The Hall–Kier alpha value is -2.67. The Balaban J connectivity index is 2.40. The van der Waals surface area contributed by atoms with Crippen LogP contribution in [0.2, 0.25) is 0 Å². The van der Waals surface area contributed by atoms with Crippen molar-refractivity contribution in [3.8, 4) is 5.75 Å². The van der Waals surface area contributed by atoms with Gasteiger partial charge in [0, 0.05) is 0 Å². The Bertz CT molecular complexity index is 702. The number of nitrogens with one attached hydrogen (secondary N) is 1. The summed E-state index contributed by atoms with van der Waals surface area (Å²) in [6.07, 6.45) is -0.488. The van der Waals surface area contributed by atoms with Crippen LogP contribution in [0.5, 0.6) is 5.75 Å². The zero-order valence-electron chi connectivity index (χ0n) is 12.8. The molecule has 0 aliphatic heterocycles. The van der Waals surface area contributed by atoms with Gasteiger partial charge in [-0.3, -0.25) is 10.2 Å². The third kappa shape index (κ3) is 3.32. The van der Waals surface area contributed by atoms with Gasteiger partial charge in [-0.15, -0.1) is 0 Å². The largest absolute Gasteiger partial charge is 0.484 e. The smallest absolute Gasteiger partial charge is 0.269 e. The Morgan fingerprint density at radius 2 is 2.05 bits per heavy atom. The molecule has 1 atom stereocenters. The van der Waals surface area contributed by atoms with Gasteiger partial charge in [-0.25, -0.2) is 15.8 Å². The third-order valence-electron chi connectivity index (χ3n) is 3.18. The Morgan fingerprint density at radius 3 is 2.68 bits per heavy atom. The fourth-order valence-electron chi connectivity index (χ4n) is 2.21. The zero-order valence-corrected chi connectivity index (χ0v) is 12.8. The lowest BCUT2D eigenvalue weighted by Gasteiger charge is -2.18. The van der Waals surface area contributed by atoms with Crippen LogP contribution < -0.4 is 21.7 Å². The van der Waals surface area contributed by atoms with Gasteiger partial charge >= 0.3 is 0 Å². The van der Waals surface area contributed by atoms with Crippen molar-refractivity contribution in [2.75, 3.05) is 5.73 Å². The molecule has 0 bridgehead atoms. The summed E-state index contributed by atoms with van der Waals surface area (Å²) in [5.41, 5.74) is 9.97. The molecule has 2 aromatic rings. The fraction of sp³-hybridized carbons (Fsp3) is 0.267. The first-order valence-electron chi connectivity index (χ1n) is 6.80. The molecule has 0 aliphatic rings. The first kappa shape index (κ1) is 15.7. The molecule has 0 aliphatic carbocycles. The molecule has 7 heteroatoms. The lowest BCUT2D eigenvalue weighted by atomic mass is 10.1. The summed E-state index contributed by atoms with van der Waals surface area (Å²) in [4.78, 5) is 20.1. The fourth-order valence-corrected chi connectivity index (χ4v) is 2.21. The van der Waals surface area contributed by atoms with Gasteiger partial charge in [-0.2, -0.15) is 0 Å². The molecule has 116 valence electrons. The normalized spacial score (nSPS) is 11.8. The molecule has 0 spiro atoms. The van der Waals surface area contributed by atoms with Crippen molar-refractivity contribution in [2.45, 2.75) is 26.9 Å². The number of benzene rings is 1. The highest BCUT2D eigenvalue weighted by Gasteiger charge is 2.22. The van der Waals surface area contributed by atoms with Crippen LogP contribution in [0.15, 0.2) is 24.3 Å². The molecule has 0 saturated heterocycles. The Morgan fingerprint density at radius 1 is 1.32 bits per heavy atom. The van der Waals surface area contributed by atoms with Gasteiger partial charge in [0.15, 0.2) is 0 Å². The van der Waals surface area contributed by atoms with Gasteiger partial charge in [0.2, 0.25) is 5.95 Å². The van der Waals surface area contributed by atoms with E-state index >= 15 is 0 Å². The number of hydrazine groups is 1. The van der Waals surface area contributed by atoms with Crippen molar-refractivity contribution < 1.29 is 9.53 Å². The van der Waals surface area contributed by atoms with Crippen LogP contribution in [-0.2, 0) is 0 Å². The standard InChI is InChI=1S/C15H19N5O2/c1-8-5-4-6-11(7-8)22-10(3)13-12(14(21)20-17)9(2)18-15(16)19-13/h4-7,10H,17H2,1-3H3,(H,20,21)(H2,16,18,19). The monoisotopic (exact) mass is 301 g/mol. The molecule has 5 N–H and O–H groups in total. The average molecular weight is 301 g/mol. The molecular weight excluding hydrogens is 282 g/mol. The SMILES string of the molecule is Cc1cccc(OC(C)c2nc(N)nc(C)c2C(=O)NN)c1. The summed E-state index contributed by atoms with van der Waals surface area (Å²) in [5, 5.41) is 0. The highest BCUT2D eigenvalue weighted by Crippen LogP contribution is 2.25. The number of hydrogen-bond donors (Lipinski definition) is 3. The number of ether oxygens (including phenoxy) is 1. The topological polar surface area (TPSA) is 116 Å². The molecule has 0 fully saturated rings. The van der Waals surface area contributed by atoms with E-state index in [0.29, 0.717) is 17.1 Å². The van der Waals surface area contributed by atoms with Crippen molar-refractivity contribution in [3.05, 3.63) is 46.8 Å². The molecule has 7 nitrogen and oxygen atoms in total. The van der Waals surface area contributed by atoms with E-state index in [-0.39, 0.29) is 11.5 Å². The zero-order chi connectivity index (χ0) is 16.3. The van der Waals surface area contributed by atoms with E-state index in [1.165, 1.54) is 0 Å². The maximum absolute atomic E-state index is 12.0. The summed E-state index contributed by atoms with van der Waals surface area (Å²) in [6, 6.07) is 7.60. The minimum absolute atomic E-state index is 0.0840. The lowest BCUT2D eigenvalue weighted by molar-refractivity contribution is 0.0946. The summed E-state index contributed by atoms with van der Waals surface area (Å²) < 4.78 is 5.86. The van der Waals surface area contributed by atoms with Crippen molar-refractivity contribution >= 4 is 11.9 Å². The average Bonchev–Trinajstić information content (AvgIpc) is 2.45. The van der Waals surface area contributed by atoms with E-state index in [1.807, 2.05) is 31.2 Å². The van der Waals surface area contributed by atoms with E-state index in [4.69, 9.17) is 16.3 Å². The number of nitrogens with zero attached hydrogens (tertiary/aromatic N) is 2. The molecule has 1 aromatic heterocycles. The van der Waals surface area contributed by atoms with Crippen molar-refractivity contribution in [3.63, 3.8) is 0 Å². The number of carbonyl (C=O) groups excluding carboxylic acids is 1. The second kappa shape index (κ2) is 6.40. The number of anilines is 1. The number of aromatic nitrogens is 2. The lowest BCUT2D eigenvalue weighted by Crippen LogP contribution is -2.33. The molecule has 1 unspecified atom stereocenters. The molecular formula is C15H19N5O2. The number of amides is 1. The third-order valence-corrected chi connectivity index (χ3v) is 3.18. The maximum Gasteiger partial charge on any atom is 0.269 e. The summed E-state index contributed by atoms with van der Waals surface area (Å²) in [6.45, 7) is 5.43. The number of carbonyl (C=O) groups is 1. The van der Waals surface area contributed by atoms with Crippen molar-refractivity contribution in [2.24, 2.45) is 5.84 Å². The quantitative estimate of drug-likeness (QED) is 0.447. The molecule has 1 amide bonds. The van der Waals surface area contributed by atoms with Gasteiger partial charge in [0.1, 0.15) is 11.9 Å². The van der Waals surface area contributed by atoms with Crippen LogP contribution in [0.1, 0.15) is 40.3 Å². The summed E-state index contributed by atoms with van der Waals surface area (Å²) >= 11 is 0. The van der Waals surface area contributed by atoms with Crippen LogP contribution in [-0.4, -0.2) is 15.9 Å². The molecule has 1 aromatic carbocycles. The minimum Gasteiger partial charge on any atom is -0.484 e. The van der Waals surface area contributed by atoms with Gasteiger partial charge in [-0.1, -0.05) is 12.1 Å². The highest BCUT2D eigenvalue weighted by molar-refractivity contribution is 5.96. The number of nitrogen functional groups attached to an aromatic ring is 2. The Labute approximate surface area is 128 Å². The van der Waals surface area contributed by atoms with Crippen LogP contribution in [0, 0.1) is 13.8 Å². The van der Waals surface area contributed by atoms with E-state index < -0.39 is 12.0 Å². The number of hydrogen-bond acceptors (Lipinski definition) is 6. The van der Waals surface area contributed by atoms with Crippen LogP contribution >= 0.6 is 0 Å². The van der Waals surface area contributed by atoms with Crippen LogP contribution in [0.3, 0.4) is 0 Å². The van der Waals surface area contributed by atoms with Crippen molar-refractivity contribution in [1.82, 2.24) is 15.4 Å². The molecule has 0 radical (unpaired) electrons. The molecule has 2 rings (SSSR count). The predicted octanol–water partition coefficient (Wildman–Crippen LogP) is 1.42. The number of aryl methyl sites for hydroxylation is 2. The van der Waals surface area contributed by atoms with E-state index in [1.54, 1.807) is 13.8 Å². The molecule has 1 heterocycles. The van der Waals surface area contributed by atoms with Crippen LogP contribution in [0.25, 0.3) is 0 Å². The molecule has 22 heavy (non-hydrogen) atoms. The van der Waals surface area contributed by atoms with E-state index in [9.17, 15) is 4.79 Å². The van der Waals surface area contributed by atoms with Gasteiger partial charge in [-0.05, 0) is 38.5 Å². The van der Waals surface area contributed by atoms with E-state index in [2.05, 4.69) is 15.4 Å². The van der Waals surface area contributed by atoms with Crippen LogP contribution in [0.4, 0.5) is 5.95 Å². The first-order valence-corrected chi connectivity index (χ1v) is 6.80. The maximum atomic E-state index is 12.0.